The van der Waals surface area contributed by atoms with Gasteiger partial charge < -0.3 is 10.5 Å². The first-order chi connectivity index (χ1) is 8.99. The minimum absolute atomic E-state index is 0.155. The zero-order chi connectivity index (χ0) is 14.0. The second-order valence-electron chi connectivity index (χ2n) is 4.46. The molecular weight excluding hydrogens is 265 g/mol. The summed E-state index contributed by atoms with van der Waals surface area (Å²) in [5.41, 5.74) is 7.33. The van der Waals surface area contributed by atoms with Crippen LogP contribution in [0.25, 0.3) is 0 Å². The molecule has 2 nitrogen and oxygen atoms in total. The highest BCUT2D eigenvalue weighted by Gasteiger charge is 2.15. The Morgan fingerprint density at radius 1 is 1.26 bits per heavy atom. The summed E-state index contributed by atoms with van der Waals surface area (Å²) in [6.07, 6.45) is 0. The van der Waals surface area contributed by atoms with Gasteiger partial charge in [-0.15, -0.1) is 0 Å². The van der Waals surface area contributed by atoms with E-state index in [4.69, 9.17) is 22.1 Å². The molecule has 0 fully saturated rings. The lowest BCUT2D eigenvalue weighted by atomic mass is 10.1. The summed E-state index contributed by atoms with van der Waals surface area (Å²) in [5, 5.41) is 0.541. The zero-order valence-electron chi connectivity index (χ0n) is 10.8. The van der Waals surface area contributed by atoms with Gasteiger partial charge >= 0.3 is 0 Å². The van der Waals surface area contributed by atoms with Crippen LogP contribution < -0.4 is 10.5 Å². The van der Waals surface area contributed by atoms with Crippen LogP contribution in [0.5, 0.6) is 11.5 Å². The van der Waals surface area contributed by atoms with E-state index in [1.54, 1.807) is 31.2 Å². The topological polar surface area (TPSA) is 35.2 Å². The highest BCUT2D eigenvalue weighted by Crippen LogP contribution is 2.34. The summed E-state index contributed by atoms with van der Waals surface area (Å²) in [5.74, 6) is 0.247. The standard InChI is InChI=1S/C15H15ClFNO/c1-9-6-7-11(16)8-14(9)19-15-12(10(2)18)4-3-5-13(15)17/h3-8,10H,18H2,1-2H3. The summed E-state index contributed by atoms with van der Waals surface area (Å²) in [4.78, 5) is 0. The molecule has 0 aliphatic rings. The van der Waals surface area contributed by atoms with Crippen LogP contribution in [-0.2, 0) is 0 Å². The summed E-state index contributed by atoms with van der Waals surface area (Å²) < 4.78 is 19.6. The number of ether oxygens (including phenoxy) is 1. The van der Waals surface area contributed by atoms with Gasteiger partial charge in [0.1, 0.15) is 5.75 Å². The fraction of sp³-hybridized carbons (Fsp3) is 0.200. The van der Waals surface area contributed by atoms with Crippen molar-refractivity contribution in [3.63, 3.8) is 0 Å². The van der Waals surface area contributed by atoms with Gasteiger partial charge in [0.05, 0.1) is 0 Å². The molecule has 4 heteroatoms. The van der Waals surface area contributed by atoms with Crippen molar-refractivity contribution in [3.8, 4) is 11.5 Å². The van der Waals surface area contributed by atoms with E-state index in [1.807, 2.05) is 13.0 Å². The van der Waals surface area contributed by atoms with Crippen LogP contribution in [0.4, 0.5) is 4.39 Å². The number of rotatable bonds is 3. The van der Waals surface area contributed by atoms with Crippen molar-refractivity contribution in [1.29, 1.82) is 0 Å². The predicted molar refractivity (Wildman–Crippen MR) is 75.3 cm³/mol. The second kappa shape index (κ2) is 5.59. The number of nitrogens with two attached hydrogens (primary N) is 1. The number of halogens is 2. The minimum atomic E-state index is -0.436. The van der Waals surface area contributed by atoms with Gasteiger partial charge in [0.15, 0.2) is 11.6 Å². The Labute approximate surface area is 117 Å². The molecule has 1 atom stereocenters. The molecule has 0 radical (unpaired) electrons. The summed E-state index contributed by atoms with van der Waals surface area (Å²) in [7, 11) is 0. The largest absolute Gasteiger partial charge is 0.454 e. The van der Waals surface area contributed by atoms with Crippen molar-refractivity contribution in [2.75, 3.05) is 0 Å². The first-order valence-electron chi connectivity index (χ1n) is 5.97. The van der Waals surface area contributed by atoms with Crippen LogP contribution >= 0.6 is 11.6 Å². The molecule has 1 unspecified atom stereocenters. The maximum atomic E-state index is 13.9. The first kappa shape index (κ1) is 13.8. The van der Waals surface area contributed by atoms with E-state index in [9.17, 15) is 4.39 Å². The normalized spacial score (nSPS) is 12.3. The van der Waals surface area contributed by atoms with Gasteiger partial charge in [-0.25, -0.2) is 4.39 Å². The lowest BCUT2D eigenvalue weighted by molar-refractivity contribution is 0.430. The molecule has 19 heavy (non-hydrogen) atoms. The molecule has 0 aliphatic carbocycles. The molecular formula is C15H15ClFNO. The highest BCUT2D eigenvalue weighted by molar-refractivity contribution is 6.30. The Hall–Kier alpha value is -1.58. The first-order valence-corrected chi connectivity index (χ1v) is 6.35. The van der Waals surface area contributed by atoms with Crippen molar-refractivity contribution in [1.82, 2.24) is 0 Å². The number of benzene rings is 2. The van der Waals surface area contributed by atoms with E-state index in [1.165, 1.54) is 6.07 Å². The Morgan fingerprint density at radius 2 is 2.00 bits per heavy atom. The van der Waals surface area contributed by atoms with E-state index >= 15 is 0 Å². The van der Waals surface area contributed by atoms with Gasteiger partial charge in [-0.1, -0.05) is 29.8 Å². The molecule has 0 aliphatic heterocycles. The predicted octanol–water partition coefficient (Wildman–Crippen LogP) is 4.60. The molecule has 2 N–H and O–H groups in total. The maximum absolute atomic E-state index is 13.9. The average molecular weight is 280 g/mol. The minimum Gasteiger partial charge on any atom is -0.454 e. The fourth-order valence-electron chi connectivity index (χ4n) is 1.79. The van der Waals surface area contributed by atoms with E-state index in [-0.39, 0.29) is 11.8 Å². The number of para-hydroxylation sites is 1. The lowest BCUT2D eigenvalue weighted by Gasteiger charge is -2.15. The smallest absolute Gasteiger partial charge is 0.167 e. The van der Waals surface area contributed by atoms with Gasteiger partial charge in [-0.05, 0) is 37.6 Å². The van der Waals surface area contributed by atoms with Gasteiger partial charge in [0.2, 0.25) is 0 Å². The molecule has 2 aromatic rings. The van der Waals surface area contributed by atoms with Crippen LogP contribution in [0, 0.1) is 12.7 Å². The van der Waals surface area contributed by atoms with Crippen molar-refractivity contribution >= 4 is 11.6 Å². The Kier molecular flexibility index (Phi) is 4.08. The molecule has 0 saturated heterocycles. The third-order valence-electron chi connectivity index (χ3n) is 2.85. The zero-order valence-corrected chi connectivity index (χ0v) is 11.5. The van der Waals surface area contributed by atoms with Crippen LogP contribution in [-0.4, -0.2) is 0 Å². The quantitative estimate of drug-likeness (QED) is 0.891. The van der Waals surface area contributed by atoms with Gasteiger partial charge in [-0.2, -0.15) is 0 Å². The van der Waals surface area contributed by atoms with Crippen LogP contribution in [0.2, 0.25) is 5.02 Å². The monoisotopic (exact) mass is 279 g/mol. The Balaban J connectivity index is 2.46. The van der Waals surface area contributed by atoms with Gasteiger partial charge in [-0.3, -0.25) is 0 Å². The third-order valence-corrected chi connectivity index (χ3v) is 3.09. The fourth-order valence-corrected chi connectivity index (χ4v) is 1.95. The highest BCUT2D eigenvalue weighted by atomic mass is 35.5. The molecule has 0 amide bonds. The average Bonchev–Trinajstić information content (AvgIpc) is 2.35. The lowest BCUT2D eigenvalue weighted by Crippen LogP contribution is -2.07. The molecule has 2 rings (SSSR count). The van der Waals surface area contributed by atoms with E-state index in [0.29, 0.717) is 16.3 Å². The van der Waals surface area contributed by atoms with Crippen LogP contribution in [0.1, 0.15) is 24.1 Å². The van der Waals surface area contributed by atoms with Crippen molar-refractivity contribution in [2.45, 2.75) is 19.9 Å². The molecule has 0 bridgehead atoms. The maximum Gasteiger partial charge on any atom is 0.167 e. The summed E-state index contributed by atoms with van der Waals surface area (Å²) >= 11 is 5.93. The number of hydrogen-bond donors (Lipinski definition) is 1. The molecule has 100 valence electrons. The van der Waals surface area contributed by atoms with E-state index < -0.39 is 5.82 Å². The van der Waals surface area contributed by atoms with E-state index in [0.717, 1.165) is 5.56 Å². The van der Waals surface area contributed by atoms with Crippen molar-refractivity contribution in [3.05, 3.63) is 58.4 Å². The van der Waals surface area contributed by atoms with Crippen LogP contribution in [0.3, 0.4) is 0 Å². The van der Waals surface area contributed by atoms with Gasteiger partial charge in [0, 0.05) is 16.6 Å². The van der Waals surface area contributed by atoms with Crippen LogP contribution in [0.15, 0.2) is 36.4 Å². The molecule has 0 heterocycles. The van der Waals surface area contributed by atoms with Gasteiger partial charge in [0.25, 0.3) is 0 Å². The Morgan fingerprint density at radius 3 is 2.68 bits per heavy atom. The third kappa shape index (κ3) is 3.06. The second-order valence-corrected chi connectivity index (χ2v) is 4.90. The molecule has 2 aromatic carbocycles. The molecule has 0 aromatic heterocycles. The van der Waals surface area contributed by atoms with E-state index in [2.05, 4.69) is 0 Å². The SMILES string of the molecule is Cc1ccc(Cl)cc1Oc1c(F)cccc1C(C)N. The number of hydrogen-bond acceptors (Lipinski definition) is 2. The number of aryl methyl sites for hydroxylation is 1. The Bertz CT molecular complexity index is 599. The van der Waals surface area contributed by atoms with Crippen molar-refractivity contribution in [2.24, 2.45) is 5.73 Å². The summed E-state index contributed by atoms with van der Waals surface area (Å²) in [6, 6.07) is 9.65. The summed E-state index contributed by atoms with van der Waals surface area (Å²) in [6.45, 7) is 3.66. The van der Waals surface area contributed by atoms with Crippen molar-refractivity contribution < 1.29 is 9.13 Å². The molecule has 0 spiro atoms. The molecule has 0 saturated carbocycles.